The number of H-pyrrole nitrogens is 1. The van der Waals surface area contributed by atoms with E-state index in [1.165, 1.54) is 0 Å². The fraction of sp³-hybridized carbons (Fsp3) is 0.562. The SMILES string of the molecule is CC(C)(C)OC(=O)[C@@]1(C(=O)O)CCCN1CC=Cc1c[nH]cn1. The summed E-state index contributed by atoms with van der Waals surface area (Å²) in [4.78, 5) is 33.0. The molecule has 0 aliphatic carbocycles. The summed E-state index contributed by atoms with van der Waals surface area (Å²) in [6, 6.07) is 0. The first-order chi connectivity index (χ1) is 10.8. The quantitative estimate of drug-likeness (QED) is 0.633. The number of hydrogen-bond acceptors (Lipinski definition) is 5. The van der Waals surface area contributed by atoms with Crippen LogP contribution in [0.4, 0.5) is 0 Å². The maximum absolute atomic E-state index is 12.5. The Balaban J connectivity index is 2.16. The zero-order valence-electron chi connectivity index (χ0n) is 13.7. The van der Waals surface area contributed by atoms with Gasteiger partial charge in [0.25, 0.3) is 0 Å². The topological polar surface area (TPSA) is 95.5 Å². The van der Waals surface area contributed by atoms with Crippen molar-refractivity contribution in [2.24, 2.45) is 0 Å². The molecule has 0 bridgehead atoms. The number of hydrogen-bond donors (Lipinski definition) is 2. The summed E-state index contributed by atoms with van der Waals surface area (Å²) >= 11 is 0. The average Bonchev–Trinajstić information content (AvgIpc) is 3.06. The largest absolute Gasteiger partial charge is 0.479 e. The van der Waals surface area contributed by atoms with Gasteiger partial charge in [0.15, 0.2) is 0 Å². The third-order valence-electron chi connectivity index (χ3n) is 3.73. The first kappa shape index (κ1) is 17.2. The number of carboxylic acids is 1. The van der Waals surface area contributed by atoms with Crippen LogP contribution >= 0.6 is 0 Å². The van der Waals surface area contributed by atoms with Crippen LogP contribution < -0.4 is 0 Å². The number of carbonyl (C=O) groups excluding carboxylic acids is 1. The van der Waals surface area contributed by atoms with E-state index in [4.69, 9.17) is 4.74 Å². The number of carbonyl (C=O) groups is 2. The average molecular weight is 321 g/mol. The molecule has 126 valence electrons. The molecule has 0 radical (unpaired) electrons. The van der Waals surface area contributed by atoms with Gasteiger partial charge in [0.1, 0.15) is 5.60 Å². The molecule has 7 heteroatoms. The number of aromatic nitrogens is 2. The molecular formula is C16H23N3O4. The van der Waals surface area contributed by atoms with Crippen LogP contribution in [-0.4, -0.2) is 56.1 Å². The van der Waals surface area contributed by atoms with Gasteiger partial charge in [-0.15, -0.1) is 0 Å². The molecule has 1 aliphatic rings. The van der Waals surface area contributed by atoms with Crippen LogP contribution in [0.1, 0.15) is 39.3 Å². The van der Waals surface area contributed by atoms with Gasteiger partial charge in [-0.3, -0.25) is 4.90 Å². The Labute approximate surface area is 135 Å². The van der Waals surface area contributed by atoms with Crippen molar-refractivity contribution in [1.29, 1.82) is 0 Å². The summed E-state index contributed by atoms with van der Waals surface area (Å²) in [5.74, 6) is -1.85. The van der Waals surface area contributed by atoms with Crippen molar-refractivity contribution in [3.8, 4) is 0 Å². The second-order valence-electron chi connectivity index (χ2n) is 6.61. The lowest BCUT2D eigenvalue weighted by molar-refractivity contribution is -0.177. The predicted molar refractivity (Wildman–Crippen MR) is 84.6 cm³/mol. The number of esters is 1. The number of ether oxygens (including phenoxy) is 1. The van der Waals surface area contributed by atoms with E-state index in [1.807, 2.05) is 6.08 Å². The van der Waals surface area contributed by atoms with E-state index in [2.05, 4.69) is 9.97 Å². The van der Waals surface area contributed by atoms with Crippen molar-refractivity contribution in [3.05, 3.63) is 24.3 Å². The summed E-state index contributed by atoms with van der Waals surface area (Å²) < 4.78 is 5.37. The molecule has 0 unspecified atom stereocenters. The molecule has 1 aromatic rings. The highest BCUT2D eigenvalue weighted by Crippen LogP contribution is 2.32. The van der Waals surface area contributed by atoms with E-state index in [9.17, 15) is 14.7 Å². The second kappa shape index (κ2) is 6.54. The highest BCUT2D eigenvalue weighted by atomic mass is 16.6. The maximum atomic E-state index is 12.5. The highest BCUT2D eigenvalue weighted by molar-refractivity contribution is 6.04. The first-order valence-electron chi connectivity index (χ1n) is 7.63. The number of aromatic amines is 1. The van der Waals surface area contributed by atoms with Crippen LogP contribution in [0.5, 0.6) is 0 Å². The van der Waals surface area contributed by atoms with Gasteiger partial charge in [0, 0.05) is 19.3 Å². The van der Waals surface area contributed by atoms with Gasteiger partial charge in [-0.2, -0.15) is 0 Å². The number of carboxylic acid groups (broad SMARTS) is 1. The number of likely N-dealkylation sites (tertiary alicyclic amines) is 1. The highest BCUT2D eigenvalue weighted by Gasteiger charge is 2.55. The molecule has 7 nitrogen and oxygen atoms in total. The summed E-state index contributed by atoms with van der Waals surface area (Å²) in [6.07, 6.45) is 7.80. The fourth-order valence-electron chi connectivity index (χ4n) is 2.71. The molecule has 1 aliphatic heterocycles. The number of rotatable bonds is 5. The summed E-state index contributed by atoms with van der Waals surface area (Å²) in [7, 11) is 0. The maximum Gasteiger partial charge on any atom is 0.338 e. The van der Waals surface area contributed by atoms with Gasteiger partial charge in [0.05, 0.1) is 12.0 Å². The van der Waals surface area contributed by atoms with E-state index in [0.29, 0.717) is 19.5 Å². The first-order valence-corrected chi connectivity index (χ1v) is 7.63. The molecule has 0 saturated carbocycles. The van der Waals surface area contributed by atoms with Gasteiger partial charge in [-0.05, 0) is 39.7 Å². The minimum Gasteiger partial charge on any atom is -0.479 e. The Morgan fingerprint density at radius 1 is 1.52 bits per heavy atom. The molecule has 0 amide bonds. The third kappa shape index (κ3) is 3.79. The number of aliphatic carboxylic acids is 1. The lowest BCUT2D eigenvalue weighted by Gasteiger charge is -2.34. The second-order valence-corrected chi connectivity index (χ2v) is 6.61. The predicted octanol–water partition coefficient (Wildman–Crippen LogP) is 1.68. The van der Waals surface area contributed by atoms with E-state index in [-0.39, 0.29) is 6.42 Å². The van der Waals surface area contributed by atoms with Crippen molar-refractivity contribution in [2.75, 3.05) is 13.1 Å². The molecule has 2 rings (SSSR count). The van der Waals surface area contributed by atoms with E-state index in [1.54, 1.807) is 44.3 Å². The van der Waals surface area contributed by atoms with Crippen molar-refractivity contribution < 1.29 is 19.4 Å². The van der Waals surface area contributed by atoms with Crippen LogP contribution in [0.2, 0.25) is 0 Å². The van der Waals surface area contributed by atoms with E-state index < -0.39 is 23.1 Å². The standard InChI is InChI=1S/C16H23N3O4/c1-15(2,3)23-14(22)16(13(20)21)7-5-9-19(16)8-4-6-12-10-17-11-18-12/h4,6,10-11H,5,7-9H2,1-3H3,(H,17,18)(H,20,21)/t16-/m0/s1. The molecule has 1 atom stereocenters. The fourth-order valence-corrected chi connectivity index (χ4v) is 2.71. The molecule has 0 aromatic carbocycles. The Kier molecular flexibility index (Phi) is 4.89. The van der Waals surface area contributed by atoms with Crippen LogP contribution in [0.25, 0.3) is 6.08 Å². The Morgan fingerprint density at radius 3 is 2.83 bits per heavy atom. The third-order valence-corrected chi connectivity index (χ3v) is 3.73. The lowest BCUT2D eigenvalue weighted by Crippen LogP contribution is -2.58. The Hall–Kier alpha value is -2.15. The molecule has 0 spiro atoms. The Morgan fingerprint density at radius 2 is 2.26 bits per heavy atom. The normalized spacial score (nSPS) is 22.6. The Bertz CT molecular complexity index is 589. The molecule has 1 saturated heterocycles. The van der Waals surface area contributed by atoms with Crippen molar-refractivity contribution in [3.63, 3.8) is 0 Å². The monoisotopic (exact) mass is 321 g/mol. The summed E-state index contributed by atoms with van der Waals surface area (Å²) in [5, 5.41) is 9.70. The van der Waals surface area contributed by atoms with Gasteiger partial charge in [-0.1, -0.05) is 6.08 Å². The van der Waals surface area contributed by atoms with Crippen molar-refractivity contribution in [2.45, 2.75) is 44.8 Å². The van der Waals surface area contributed by atoms with Gasteiger partial charge in [-0.25, -0.2) is 14.6 Å². The smallest absolute Gasteiger partial charge is 0.338 e. The molecule has 1 fully saturated rings. The van der Waals surface area contributed by atoms with E-state index in [0.717, 1.165) is 5.69 Å². The van der Waals surface area contributed by atoms with Crippen molar-refractivity contribution in [1.82, 2.24) is 14.9 Å². The summed E-state index contributed by atoms with van der Waals surface area (Å²) in [6.45, 7) is 6.08. The molecule has 23 heavy (non-hydrogen) atoms. The summed E-state index contributed by atoms with van der Waals surface area (Å²) in [5.41, 5.74) is -1.58. The number of nitrogens with zero attached hydrogens (tertiary/aromatic N) is 2. The van der Waals surface area contributed by atoms with Crippen LogP contribution in [-0.2, 0) is 14.3 Å². The minimum absolute atomic E-state index is 0.257. The van der Waals surface area contributed by atoms with Gasteiger partial charge < -0.3 is 14.8 Å². The molecule has 2 N–H and O–H groups in total. The van der Waals surface area contributed by atoms with Crippen LogP contribution in [0.15, 0.2) is 18.6 Å². The van der Waals surface area contributed by atoms with Gasteiger partial charge in [0.2, 0.25) is 5.54 Å². The number of nitrogens with one attached hydrogen (secondary N) is 1. The van der Waals surface area contributed by atoms with Gasteiger partial charge >= 0.3 is 11.9 Å². The minimum atomic E-state index is -1.61. The lowest BCUT2D eigenvalue weighted by atomic mass is 9.95. The van der Waals surface area contributed by atoms with Crippen LogP contribution in [0.3, 0.4) is 0 Å². The number of imidazole rings is 1. The van der Waals surface area contributed by atoms with Crippen LogP contribution in [0, 0.1) is 0 Å². The molecule has 1 aromatic heterocycles. The van der Waals surface area contributed by atoms with E-state index >= 15 is 0 Å². The molecule has 2 heterocycles. The zero-order valence-corrected chi connectivity index (χ0v) is 13.7. The van der Waals surface area contributed by atoms with Crippen molar-refractivity contribution >= 4 is 18.0 Å². The molecular weight excluding hydrogens is 298 g/mol. The zero-order chi connectivity index (χ0) is 17.1.